The Labute approximate surface area is 133 Å². The maximum Gasteiger partial charge on any atom is 0.340 e. The Morgan fingerprint density at radius 1 is 1.00 bits per heavy atom. The van der Waals surface area contributed by atoms with Gasteiger partial charge in [0.05, 0.1) is 16.9 Å². The Balaban J connectivity index is 2.29. The molecule has 0 bridgehead atoms. The molecule has 0 spiro atoms. The molecule has 0 aliphatic carbocycles. The average molecular weight is 348 g/mol. The molecule has 0 aromatic heterocycles. The SMILES string of the molecule is CC(C)(C)OC(=O)c1ccccc1Nc1ccccc1Br. The van der Waals surface area contributed by atoms with Crippen LogP contribution in [0, 0.1) is 0 Å². The van der Waals surface area contributed by atoms with E-state index in [-0.39, 0.29) is 5.97 Å². The highest BCUT2D eigenvalue weighted by atomic mass is 79.9. The molecule has 21 heavy (non-hydrogen) atoms. The highest BCUT2D eigenvalue weighted by molar-refractivity contribution is 9.10. The number of anilines is 2. The number of halogens is 1. The standard InChI is InChI=1S/C17H18BrNO2/c1-17(2,3)21-16(20)12-8-4-6-10-14(12)19-15-11-7-5-9-13(15)18/h4-11,19H,1-3H3. The monoisotopic (exact) mass is 347 g/mol. The van der Waals surface area contributed by atoms with E-state index >= 15 is 0 Å². The lowest BCUT2D eigenvalue weighted by molar-refractivity contribution is 0.00708. The summed E-state index contributed by atoms with van der Waals surface area (Å²) in [5.41, 5.74) is 1.62. The van der Waals surface area contributed by atoms with E-state index in [0.717, 1.165) is 15.8 Å². The summed E-state index contributed by atoms with van der Waals surface area (Å²) in [6.45, 7) is 5.57. The van der Waals surface area contributed by atoms with Crippen molar-refractivity contribution in [3.05, 3.63) is 58.6 Å². The first-order chi connectivity index (χ1) is 9.87. The number of ether oxygens (including phenoxy) is 1. The molecule has 0 heterocycles. The van der Waals surface area contributed by atoms with E-state index in [9.17, 15) is 4.79 Å². The topological polar surface area (TPSA) is 38.3 Å². The van der Waals surface area contributed by atoms with Crippen molar-refractivity contribution in [3.63, 3.8) is 0 Å². The Kier molecular flexibility index (Phi) is 4.68. The summed E-state index contributed by atoms with van der Waals surface area (Å²) in [5, 5.41) is 3.26. The first-order valence-electron chi connectivity index (χ1n) is 6.71. The Bertz CT molecular complexity index is 647. The summed E-state index contributed by atoms with van der Waals surface area (Å²) >= 11 is 3.49. The zero-order valence-corrected chi connectivity index (χ0v) is 13.9. The van der Waals surface area contributed by atoms with E-state index < -0.39 is 5.60 Å². The van der Waals surface area contributed by atoms with Crippen LogP contribution in [0.15, 0.2) is 53.0 Å². The molecule has 2 aromatic rings. The summed E-state index contributed by atoms with van der Waals surface area (Å²) in [7, 11) is 0. The number of para-hydroxylation sites is 2. The summed E-state index contributed by atoms with van der Waals surface area (Å²) in [6.07, 6.45) is 0. The maximum atomic E-state index is 12.3. The van der Waals surface area contributed by atoms with Crippen LogP contribution in [-0.2, 0) is 4.74 Å². The van der Waals surface area contributed by atoms with Gasteiger partial charge >= 0.3 is 5.97 Å². The molecular weight excluding hydrogens is 330 g/mol. The number of rotatable bonds is 3. The third-order valence-electron chi connectivity index (χ3n) is 2.69. The first-order valence-corrected chi connectivity index (χ1v) is 7.50. The molecule has 2 rings (SSSR count). The van der Waals surface area contributed by atoms with E-state index in [0.29, 0.717) is 5.56 Å². The van der Waals surface area contributed by atoms with E-state index in [2.05, 4.69) is 21.2 Å². The smallest absolute Gasteiger partial charge is 0.340 e. The lowest BCUT2D eigenvalue weighted by atomic mass is 10.1. The van der Waals surface area contributed by atoms with Crippen molar-refractivity contribution in [2.45, 2.75) is 26.4 Å². The number of hydrogen-bond acceptors (Lipinski definition) is 3. The summed E-state index contributed by atoms with van der Waals surface area (Å²) in [5.74, 6) is -0.336. The van der Waals surface area contributed by atoms with E-state index in [1.807, 2.05) is 63.2 Å². The molecule has 110 valence electrons. The molecule has 2 aromatic carbocycles. The fourth-order valence-corrected chi connectivity index (χ4v) is 2.19. The molecule has 0 amide bonds. The molecule has 0 radical (unpaired) electrons. The largest absolute Gasteiger partial charge is 0.456 e. The summed E-state index contributed by atoms with van der Waals surface area (Å²) in [4.78, 5) is 12.3. The maximum absolute atomic E-state index is 12.3. The predicted octanol–water partition coefficient (Wildman–Crippen LogP) is 5.15. The third-order valence-corrected chi connectivity index (χ3v) is 3.38. The Morgan fingerprint density at radius 3 is 2.19 bits per heavy atom. The molecule has 1 N–H and O–H groups in total. The molecule has 0 unspecified atom stereocenters. The highest BCUT2D eigenvalue weighted by Crippen LogP contribution is 2.28. The van der Waals surface area contributed by atoms with Gasteiger partial charge in [-0.2, -0.15) is 0 Å². The summed E-state index contributed by atoms with van der Waals surface area (Å²) < 4.78 is 6.38. The normalized spacial score (nSPS) is 11.0. The average Bonchev–Trinajstić information content (AvgIpc) is 2.40. The van der Waals surface area contributed by atoms with Crippen LogP contribution >= 0.6 is 15.9 Å². The fraction of sp³-hybridized carbons (Fsp3) is 0.235. The molecule has 3 nitrogen and oxygen atoms in total. The quantitative estimate of drug-likeness (QED) is 0.780. The predicted molar refractivity (Wildman–Crippen MR) is 89.0 cm³/mol. The number of carbonyl (C=O) groups excluding carboxylic acids is 1. The van der Waals surface area contributed by atoms with Gasteiger partial charge in [-0.05, 0) is 61.0 Å². The molecule has 0 fully saturated rings. The van der Waals surface area contributed by atoms with Gasteiger partial charge in [0.2, 0.25) is 0 Å². The zero-order valence-electron chi connectivity index (χ0n) is 12.3. The highest BCUT2D eigenvalue weighted by Gasteiger charge is 2.20. The van der Waals surface area contributed by atoms with E-state index in [1.165, 1.54) is 0 Å². The minimum absolute atomic E-state index is 0.336. The van der Waals surface area contributed by atoms with Crippen LogP contribution in [0.5, 0.6) is 0 Å². The van der Waals surface area contributed by atoms with Crippen LogP contribution in [0.2, 0.25) is 0 Å². The molecule has 4 heteroatoms. The Morgan fingerprint density at radius 2 is 1.57 bits per heavy atom. The van der Waals surface area contributed by atoms with Crippen LogP contribution in [0.4, 0.5) is 11.4 Å². The van der Waals surface area contributed by atoms with Crippen molar-refractivity contribution in [1.82, 2.24) is 0 Å². The van der Waals surface area contributed by atoms with Gasteiger partial charge in [0.1, 0.15) is 5.60 Å². The van der Waals surface area contributed by atoms with Gasteiger partial charge in [0, 0.05) is 4.47 Å². The second kappa shape index (κ2) is 6.31. The van der Waals surface area contributed by atoms with Crippen molar-refractivity contribution >= 4 is 33.3 Å². The van der Waals surface area contributed by atoms with Crippen molar-refractivity contribution in [2.24, 2.45) is 0 Å². The third kappa shape index (κ3) is 4.33. The number of hydrogen-bond donors (Lipinski definition) is 1. The second-order valence-corrected chi connectivity index (χ2v) is 6.51. The molecule has 0 saturated carbocycles. The van der Waals surface area contributed by atoms with Crippen molar-refractivity contribution in [2.75, 3.05) is 5.32 Å². The van der Waals surface area contributed by atoms with Gasteiger partial charge < -0.3 is 10.1 Å². The van der Waals surface area contributed by atoms with E-state index in [1.54, 1.807) is 6.07 Å². The zero-order chi connectivity index (χ0) is 15.5. The van der Waals surface area contributed by atoms with E-state index in [4.69, 9.17) is 4.74 Å². The van der Waals surface area contributed by atoms with Crippen LogP contribution < -0.4 is 5.32 Å². The van der Waals surface area contributed by atoms with Gasteiger partial charge in [-0.3, -0.25) is 0 Å². The first kappa shape index (κ1) is 15.6. The van der Waals surface area contributed by atoms with Gasteiger partial charge in [-0.25, -0.2) is 4.79 Å². The second-order valence-electron chi connectivity index (χ2n) is 5.65. The van der Waals surface area contributed by atoms with Crippen LogP contribution in [0.25, 0.3) is 0 Å². The number of esters is 1. The van der Waals surface area contributed by atoms with Gasteiger partial charge in [-0.1, -0.05) is 24.3 Å². The van der Waals surface area contributed by atoms with Crippen molar-refractivity contribution < 1.29 is 9.53 Å². The molecule has 0 saturated heterocycles. The minimum atomic E-state index is -0.516. The van der Waals surface area contributed by atoms with Gasteiger partial charge in [0.15, 0.2) is 0 Å². The molecule has 0 aliphatic rings. The summed E-state index contributed by atoms with van der Waals surface area (Å²) in [6, 6.07) is 15.1. The van der Waals surface area contributed by atoms with Gasteiger partial charge in [-0.15, -0.1) is 0 Å². The lowest BCUT2D eigenvalue weighted by Gasteiger charge is -2.21. The van der Waals surface area contributed by atoms with Gasteiger partial charge in [0.25, 0.3) is 0 Å². The molecular formula is C17H18BrNO2. The minimum Gasteiger partial charge on any atom is -0.456 e. The van der Waals surface area contributed by atoms with Crippen LogP contribution in [-0.4, -0.2) is 11.6 Å². The lowest BCUT2D eigenvalue weighted by Crippen LogP contribution is -2.24. The Hall–Kier alpha value is -1.81. The number of carbonyl (C=O) groups is 1. The molecule has 0 aliphatic heterocycles. The number of benzene rings is 2. The fourth-order valence-electron chi connectivity index (χ4n) is 1.81. The number of nitrogens with one attached hydrogen (secondary N) is 1. The van der Waals surface area contributed by atoms with Crippen molar-refractivity contribution in [3.8, 4) is 0 Å². The molecule has 0 atom stereocenters. The van der Waals surface area contributed by atoms with Crippen molar-refractivity contribution in [1.29, 1.82) is 0 Å². The van der Waals surface area contributed by atoms with Crippen LogP contribution in [0.1, 0.15) is 31.1 Å². The van der Waals surface area contributed by atoms with Crippen LogP contribution in [0.3, 0.4) is 0 Å².